The van der Waals surface area contributed by atoms with E-state index in [-0.39, 0.29) is 177 Å². The molecule has 20 rings (SSSR count). The predicted molar refractivity (Wildman–Crippen MR) is 492 cm³/mol. The standard InChI is InChI=1S/5C17H15IN2OS.5HI/c5*18-13-10-22-17-19-16(21)12-8-4-5-9-14(12)20(17)15(13)11-6-2-1-3-7-11;;;;;/h5*1-9,13,15,17H,10H2,(H,19,21);5*1H. The number of hydrogen-bond donors (Lipinski definition) is 5. The third-order valence-corrected chi connectivity index (χ3v) is 36.0. The fourth-order valence-corrected chi connectivity index (χ4v) is 29.1. The van der Waals surface area contributed by atoms with Crippen molar-refractivity contribution in [3.63, 3.8) is 0 Å². The van der Waals surface area contributed by atoms with E-state index in [9.17, 15) is 24.0 Å². The lowest BCUT2D eigenvalue weighted by Gasteiger charge is -2.46. The van der Waals surface area contributed by atoms with Crippen LogP contribution in [0.5, 0.6) is 0 Å². The first kappa shape index (κ1) is 94.1. The highest BCUT2D eigenvalue weighted by atomic mass is 127. The number of quaternary nitrogens is 5. The summed E-state index contributed by atoms with van der Waals surface area (Å²) in [6, 6.07) is 94.7. The van der Waals surface area contributed by atoms with Crippen molar-refractivity contribution in [3.8, 4) is 0 Å². The quantitative estimate of drug-likeness (QED) is 0.104. The lowest BCUT2D eigenvalue weighted by Crippen LogP contribution is -3.00. The van der Waals surface area contributed by atoms with Gasteiger partial charge in [0.15, 0.2) is 0 Å². The number of fused-ring (bicyclic) bond motifs is 15. The molecule has 15 nitrogen and oxygen atoms in total. The zero-order chi connectivity index (χ0) is 75.5. The average Bonchev–Trinajstić information content (AvgIpc) is 0.777. The van der Waals surface area contributed by atoms with Crippen LogP contribution >= 0.6 is 172 Å². The Hall–Kier alpha value is -1.60. The van der Waals surface area contributed by atoms with Crippen molar-refractivity contribution in [2.75, 3.05) is 53.3 Å². The molecule has 10 aliphatic rings. The number of primary amides is 5. The summed E-state index contributed by atoms with van der Waals surface area (Å²) >= 11 is 22.1. The molecule has 0 aliphatic carbocycles. The van der Waals surface area contributed by atoms with E-state index in [0.29, 0.717) is 49.8 Å². The Balaban J connectivity index is 0.000000140. The Labute approximate surface area is 846 Å². The molecule has 0 saturated carbocycles. The summed E-state index contributed by atoms with van der Waals surface area (Å²) in [6.45, 7) is 0. The maximum Gasteiger partial charge on any atom is 0.347 e. The fourth-order valence-electron chi connectivity index (χ4n) is 16.3. The van der Waals surface area contributed by atoms with E-state index in [1.54, 1.807) is 0 Å². The first-order chi connectivity index (χ1) is 53.8. The van der Waals surface area contributed by atoms with Gasteiger partial charge >= 0.3 is 29.5 Å². The summed E-state index contributed by atoms with van der Waals surface area (Å²) in [4.78, 5) is 74.0. The van der Waals surface area contributed by atoms with E-state index >= 15 is 0 Å². The van der Waals surface area contributed by atoms with Gasteiger partial charge in [-0.05, 0) is 88.5 Å². The SMILES string of the molecule is O=C1[NH2+]C2SCC(I)C(c3ccccc3)N2c2ccccc21.O=C1[NH2+]C2SCC(I)C(c3ccccc3)N2c2ccccc21.O=C1[NH2+]C2SCC(I)C(c3ccccc3)N2c2ccccc21.O=C1[NH2+]C2SCC(I)C(c3ccccc3)N2c2ccccc21.O=C1[NH2+]C2SCC(I)C(c3ccccc3)N2c2ccccc21.[I-].[I-].[I-].[I-].[I-]. The normalized spacial score (nSPS) is 26.0. The molecule has 10 aromatic carbocycles. The minimum absolute atomic E-state index is 0. The number of nitrogens with zero attached hydrogens (tertiary/aromatic N) is 5. The molecule has 0 radical (unpaired) electrons. The summed E-state index contributed by atoms with van der Waals surface area (Å²) in [5.74, 6) is 6.09. The number of amides is 5. The van der Waals surface area contributed by atoms with Crippen molar-refractivity contribution >= 4 is 230 Å². The number of thioether (sulfide) groups is 5. The highest BCUT2D eigenvalue weighted by Crippen LogP contribution is 2.50. The molecule has 15 atom stereocenters. The van der Waals surface area contributed by atoms with Crippen LogP contribution in [0.3, 0.4) is 0 Å². The largest absolute Gasteiger partial charge is 1.00 e. The Morgan fingerprint density at radius 3 is 0.513 bits per heavy atom. The zero-order valence-corrected chi connectivity index (χ0v) is 86.8. The maximum atomic E-state index is 12.4. The number of benzene rings is 10. The smallest absolute Gasteiger partial charge is 0.347 e. The second kappa shape index (κ2) is 43.8. The van der Waals surface area contributed by atoms with Crippen LogP contribution in [0.25, 0.3) is 0 Å². The van der Waals surface area contributed by atoms with Gasteiger partial charge in [0.2, 0.25) is 27.5 Å². The van der Waals surface area contributed by atoms with Gasteiger partial charge in [0.05, 0.1) is 58.6 Å². The van der Waals surface area contributed by atoms with Gasteiger partial charge in [-0.2, -0.15) is 0 Å². The topological polar surface area (TPSA) is 185 Å². The van der Waals surface area contributed by atoms with Crippen molar-refractivity contribution in [3.05, 3.63) is 329 Å². The summed E-state index contributed by atoms with van der Waals surface area (Å²) < 4.78 is 2.55. The van der Waals surface area contributed by atoms with Crippen LogP contribution in [0.1, 0.15) is 110 Å². The van der Waals surface area contributed by atoms with Gasteiger partial charge in [0, 0.05) is 48.4 Å². The van der Waals surface area contributed by atoms with Crippen LogP contribution in [0.15, 0.2) is 273 Å². The third kappa shape index (κ3) is 20.5. The van der Waals surface area contributed by atoms with Crippen molar-refractivity contribution in [1.29, 1.82) is 0 Å². The van der Waals surface area contributed by atoms with Crippen LogP contribution in [0.4, 0.5) is 28.4 Å². The molecule has 10 heterocycles. The van der Waals surface area contributed by atoms with E-state index < -0.39 is 0 Å². The molecule has 5 fully saturated rings. The predicted octanol–water partition coefficient (Wildman–Crippen LogP) is -1.05. The fraction of sp³-hybridized carbons (Fsp3) is 0.235. The summed E-state index contributed by atoms with van der Waals surface area (Å²) in [5.41, 5.74) is 16.8. The lowest BCUT2D eigenvalue weighted by molar-refractivity contribution is -0.572. The van der Waals surface area contributed by atoms with E-state index in [1.807, 2.05) is 176 Å². The average molecular weight is 2750 g/mol. The molecule has 30 heteroatoms. The van der Waals surface area contributed by atoms with Crippen LogP contribution in [-0.2, 0) is 0 Å². The molecular formula is C85H80I10N10O5S5. The summed E-state index contributed by atoms with van der Waals surface area (Å²) in [5, 5.41) is 9.40. The second-order valence-electron chi connectivity index (χ2n) is 27.8. The molecule has 10 aliphatic heterocycles. The highest BCUT2D eigenvalue weighted by Gasteiger charge is 2.51. The van der Waals surface area contributed by atoms with Crippen molar-refractivity contribution < 1.29 is 170 Å². The molecular weight excluding hydrogens is 2670 g/mol. The second-order valence-corrected chi connectivity index (χ2v) is 41.5. The van der Waals surface area contributed by atoms with Crippen LogP contribution in [-0.4, -0.2) is 105 Å². The molecule has 10 aromatic rings. The zero-order valence-electron chi connectivity index (χ0n) is 61.2. The number of hydrogen-bond acceptors (Lipinski definition) is 15. The van der Waals surface area contributed by atoms with Gasteiger partial charge in [0.1, 0.15) is 27.8 Å². The molecule has 10 N–H and O–H groups in total. The van der Waals surface area contributed by atoms with E-state index in [4.69, 9.17) is 0 Å². The number of para-hydroxylation sites is 5. The lowest BCUT2D eigenvalue weighted by atomic mass is 9.99. The number of carbonyl (C=O) groups excluding carboxylic acids is 5. The third-order valence-electron chi connectivity index (χ3n) is 21.1. The molecule has 5 amide bonds. The van der Waals surface area contributed by atoms with Gasteiger partial charge in [0.25, 0.3) is 0 Å². The van der Waals surface area contributed by atoms with Gasteiger partial charge in [-0.3, -0.25) is 26.6 Å². The maximum absolute atomic E-state index is 12.4. The highest BCUT2D eigenvalue weighted by molar-refractivity contribution is 14.1. The van der Waals surface area contributed by atoms with Gasteiger partial charge in [-0.25, -0.2) is 24.0 Å². The number of alkyl halides is 5. The van der Waals surface area contributed by atoms with Gasteiger partial charge in [-0.1, -0.05) is 384 Å². The van der Waals surface area contributed by atoms with Gasteiger partial charge < -0.3 is 144 Å². The minimum atomic E-state index is 0. The van der Waals surface area contributed by atoms with E-state index in [2.05, 4.69) is 319 Å². The Morgan fingerprint density at radius 1 is 0.217 bits per heavy atom. The molecule has 0 aromatic heterocycles. The number of halogens is 10. The van der Waals surface area contributed by atoms with Crippen LogP contribution in [0, 0.1) is 0 Å². The molecule has 115 heavy (non-hydrogen) atoms. The molecule has 600 valence electrons. The molecule has 0 bridgehead atoms. The monoisotopic (exact) mass is 2750 g/mol. The molecule has 15 unspecified atom stereocenters. The molecule has 0 spiro atoms. The number of anilines is 5. The first-order valence-electron chi connectivity index (χ1n) is 36.6. The van der Waals surface area contributed by atoms with E-state index in [1.165, 1.54) is 27.8 Å². The number of rotatable bonds is 5. The summed E-state index contributed by atoms with van der Waals surface area (Å²) in [6.07, 6.45) is 0. The van der Waals surface area contributed by atoms with Crippen LogP contribution in [0.2, 0.25) is 0 Å². The number of nitrogens with two attached hydrogens (primary N) is 5. The number of carbonyl (C=O) groups is 5. The van der Waals surface area contributed by atoms with Crippen LogP contribution < -0.4 is 171 Å². The first-order valence-corrected chi connectivity index (χ1v) is 48.1. The Bertz CT molecular complexity index is 4280. The Kier molecular flexibility index (Phi) is 35.9. The minimum Gasteiger partial charge on any atom is -1.00 e. The van der Waals surface area contributed by atoms with E-state index in [0.717, 1.165) is 85.0 Å². The van der Waals surface area contributed by atoms with Crippen molar-refractivity contribution in [1.82, 2.24) is 0 Å². The van der Waals surface area contributed by atoms with Crippen molar-refractivity contribution in [2.45, 2.75) is 77.3 Å². The van der Waals surface area contributed by atoms with Crippen molar-refractivity contribution in [2.24, 2.45) is 0 Å². The summed E-state index contributed by atoms with van der Waals surface area (Å²) in [7, 11) is 0. The van der Waals surface area contributed by atoms with Gasteiger partial charge in [-0.15, -0.1) is 0 Å². The Morgan fingerprint density at radius 2 is 0.357 bits per heavy atom. The molecule has 5 saturated heterocycles.